The number of rotatable bonds is 6. The summed E-state index contributed by atoms with van der Waals surface area (Å²) in [7, 11) is 1.44. The first-order valence-electron chi connectivity index (χ1n) is 8.54. The fraction of sp³-hybridized carbons (Fsp3) is 0.632. The lowest BCUT2D eigenvalue weighted by molar-refractivity contribution is 0.0560. The van der Waals surface area contributed by atoms with Crippen LogP contribution in [0.5, 0.6) is 0 Å². The van der Waals surface area contributed by atoms with Gasteiger partial charge in [0.15, 0.2) is 0 Å². The second kappa shape index (κ2) is 8.84. The van der Waals surface area contributed by atoms with Crippen LogP contribution in [0.25, 0.3) is 0 Å². The lowest BCUT2D eigenvalue weighted by Gasteiger charge is -2.32. The minimum absolute atomic E-state index is 0.258. The summed E-state index contributed by atoms with van der Waals surface area (Å²) in [6, 6.07) is 4.06. The van der Waals surface area contributed by atoms with Crippen LogP contribution in [0.3, 0.4) is 0 Å². The number of benzene rings is 1. The molecule has 0 spiro atoms. The van der Waals surface area contributed by atoms with Gasteiger partial charge < -0.3 is 9.47 Å². The maximum absolute atomic E-state index is 12.1. The molecule has 0 amide bonds. The van der Waals surface area contributed by atoms with Gasteiger partial charge in [-0.15, -0.1) is 0 Å². The van der Waals surface area contributed by atoms with Crippen molar-refractivity contribution in [1.82, 2.24) is 0 Å². The summed E-state index contributed by atoms with van der Waals surface area (Å²) < 4.78 is 11.4. The molecular formula is C19H27BrO3. The van der Waals surface area contributed by atoms with Crippen molar-refractivity contribution >= 4 is 21.9 Å². The van der Waals surface area contributed by atoms with E-state index in [-0.39, 0.29) is 5.97 Å². The van der Waals surface area contributed by atoms with Crippen LogP contribution in [0.15, 0.2) is 16.6 Å². The van der Waals surface area contributed by atoms with E-state index >= 15 is 0 Å². The molecule has 1 unspecified atom stereocenters. The first kappa shape index (κ1) is 18.5. The highest BCUT2D eigenvalue weighted by Gasteiger charge is 2.28. The van der Waals surface area contributed by atoms with E-state index in [1.165, 1.54) is 31.9 Å². The van der Waals surface area contributed by atoms with Crippen LogP contribution in [0.1, 0.15) is 66.4 Å². The molecule has 1 heterocycles. The number of hydrogen-bond donors (Lipinski definition) is 0. The zero-order chi connectivity index (χ0) is 16.8. The second-order valence-corrected chi connectivity index (χ2v) is 7.27. The Hall–Kier alpha value is -0.870. The Labute approximate surface area is 147 Å². The van der Waals surface area contributed by atoms with Gasteiger partial charge in [-0.3, -0.25) is 0 Å². The number of halogens is 1. The average Bonchev–Trinajstić information content (AvgIpc) is 2.58. The molecule has 1 aromatic rings. The van der Waals surface area contributed by atoms with E-state index in [4.69, 9.17) is 9.47 Å². The number of ether oxygens (including phenoxy) is 2. The Morgan fingerprint density at radius 3 is 2.70 bits per heavy atom. The molecule has 2 rings (SSSR count). The van der Waals surface area contributed by atoms with Gasteiger partial charge in [-0.2, -0.15) is 0 Å². The number of unbranched alkanes of at least 4 members (excludes halogenated alkanes) is 1. The molecule has 1 aromatic carbocycles. The van der Waals surface area contributed by atoms with E-state index in [1.54, 1.807) is 0 Å². The van der Waals surface area contributed by atoms with E-state index in [0.717, 1.165) is 36.1 Å². The number of methoxy groups -OCH3 is 1. The van der Waals surface area contributed by atoms with Gasteiger partial charge in [-0.1, -0.05) is 35.7 Å². The molecule has 0 aromatic heterocycles. The molecule has 0 radical (unpaired) electrons. The van der Waals surface area contributed by atoms with Crippen LogP contribution in [0.2, 0.25) is 0 Å². The Morgan fingerprint density at radius 1 is 1.39 bits per heavy atom. The predicted octanol–water partition coefficient (Wildman–Crippen LogP) is 5.24. The van der Waals surface area contributed by atoms with Gasteiger partial charge in [0.25, 0.3) is 0 Å². The van der Waals surface area contributed by atoms with Crippen molar-refractivity contribution in [3.8, 4) is 0 Å². The molecule has 1 aliphatic rings. The first-order chi connectivity index (χ1) is 11.1. The highest BCUT2D eigenvalue weighted by Crippen LogP contribution is 2.39. The fourth-order valence-corrected chi connectivity index (χ4v) is 4.07. The van der Waals surface area contributed by atoms with E-state index in [0.29, 0.717) is 17.4 Å². The molecule has 1 saturated heterocycles. The quantitative estimate of drug-likeness (QED) is 0.630. The highest BCUT2D eigenvalue weighted by atomic mass is 79.9. The van der Waals surface area contributed by atoms with Gasteiger partial charge in [-0.05, 0) is 61.3 Å². The summed E-state index contributed by atoms with van der Waals surface area (Å²) >= 11 is 3.57. The maximum atomic E-state index is 12.1. The van der Waals surface area contributed by atoms with Crippen LogP contribution in [0, 0.1) is 12.8 Å². The van der Waals surface area contributed by atoms with E-state index < -0.39 is 0 Å². The highest BCUT2D eigenvalue weighted by molar-refractivity contribution is 9.10. The number of hydrogen-bond acceptors (Lipinski definition) is 3. The minimum Gasteiger partial charge on any atom is -0.465 e. The first-order valence-corrected chi connectivity index (χ1v) is 9.33. The Bertz CT molecular complexity index is 536. The molecule has 1 fully saturated rings. The van der Waals surface area contributed by atoms with E-state index in [9.17, 15) is 4.79 Å². The van der Waals surface area contributed by atoms with Crippen molar-refractivity contribution in [2.24, 2.45) is 5.92 Å². The molecule has 0 saturated carbocycles. The minimum atomic E-state index is -0.258. The number of carbonyl (C=O) groups excluding carboxylic acids is 1. The summed E-state index contributed by atoms with van der Waals surface area (Å²) in [5.74, 6) is 0.861. The van der Waals surface area contributed by atoms with Gasteiger partial charge in [0.2, 0.25) is 0 Å². The average molecular weight is 383 g/mol. The molecule has 4 heteroatoms. The lowest BCUT2D eigenvalue weighted by Crippen LogP contribution is -2.23. The molecule has 1 atom stereocenters. The Kier molecular flexibility index (Phi) is 7.09. The molecular weight excluding hydrogens is 356 g/mol. The van der Waals surface area contributed by atoms with E-state index in [1.807, 2.05) is 13.0 Å². The zero-order valence-corrected chi connectivity index (χ0v) is 15.9. The van der Waals surface area contributed by atoms with Gasteiger partial charge in [0, 0.05) is 17.7 Å². The molecule has 3 nitrogen and oxygen atoms in total. The predicted molar refractivity (Wildman–Crippen MR) is 96.0 cm³/mol. The third-order valence-corrected chi connectivity index (χ3v) is 5.38. The largest absolute Gasteiger partial charge is 0.465 e. The van der Waals surface area contributed by atoms with Crippen molar-refractivity contribution in [2.45, 2.75) is 51.9 Å². The van der Waals surface area contributed by atoms with Crippen LogP contribution >= 0.6 is 15.9 Å². The summed E-state index contributed by atoms with van der Waals surface area (Å²) in [6.07, 6.45) is 5.78. The van der Waals surface area contributed by atoms with Crippen LogP contribution in [0.4, 0.5) is 0 Å². The molecule has 128 valence electrons. The SMILES string of the molecule is CCCCC(c1cc(Br)cc(C(=O)OC)c1C)C1CCOCC1. The Morgan fingerprint density at radius 2 is 2.09 bits per heavy atom. The second-order valence-electron chi connectivity index (χ2n) is 6.36. The van der Waals surface area contributed by atoms with Crippen LogP contribution in [-0.4, -0.2) is 26.3 Å². The molecule has 0 bridgehead atoms. The Balaban J connectivity index is 2.40. The number of esters is 1. The smallest absolute Gasteiger partial charge is 0.338 e. The van der Waals surface area contributed by atoms with Gasteiger partial charge in [-0.25, -0.2) is 4.79 Å². The van der Waals surface area contributed by atoms with Gasteiger partial charge in [0.05, 0.1) is 12.7 Å². The summed E-state index contributed by atoms with van der Waals surface area (Å²) in [5.41, 5.74) is 3.03. The molecule has 23 heavy (non-hydrogen) atoms. The fourth-order valence-electron chi connectivity index (χ4n) is 3.59. The van der Waals surface area contributed by atoms with Crippen molar-refractivity contribution in [1.29, 1.82) is 0 Å². The van der Waals surface area contributed by atoms with Crippen molar-refractivity contribution < 1.29 is 14.3 Å². The summed E-state index contributed by atoms with van der Waals surface area (Å²) in [6.45, 7) is 5.98. The molecule has 0 N–H and O–H groups in total. The zero-order valence-electron chi connectivity index (χ0n) is 14.4. The van der Waals surface area contributed by atoms with Gasteiger partial charge >= 0.3 is 5.97 Å². The van der Waals surface area contributed by atoms with Crippen LogP contribution in [-0.2, 0) is 9.47 Å². The molecule has 0 aliphatic carbocycles. The standard InChI is InChI=1S/C19H27BrO3/c1-4-5-6-16(14-7-9-23-10-8-14)17-11-15(20)12-18(13(17)2)19(21)22-3/h11-12,14,16H,4-10H2,1-3H3. The van der Waals surface area contributed by atoms with Gasteiger partial charge in [0.1, 0.15) is 0 Å². The topological polar surface area (TPSA) is 35.5 Å². The third kappa shape index (κ3) is 4.57. The van der Waals surface area contributed by atoms with E-state index in [2.05, 4.69) is 28.9 Å². The van der Waals surface area contributed by atoms with Crippen LogP contribution < -0.4 is 0 Å². The summed E-state index contributed by atoms with van der Waals surface area (Å²) in [4.78, 5) is 12.1. The third-order valence-electron chi connectivity index (χ3n) is 4.92. The normalized spacial score (nSPS) is 17.0. The summed E-state index contributed by atoms with van der Waals surface area (Å²) in [5, 5.41) is 0. The lowest BCUT2D eigenvalue weighted by atomic mass is 9.76. The van der Waals surface area contributed by atoms with Crippen molar-refractivity contribution in [3.63, 3.8) is 0 Å². The van der Waals surface area contributed by atoms with Crippen molar-refractivity contribution in [2.75, 3.05) is 20.3 Å². The monoisotopic (exact) mass is 382 g/mol. The van der Waals surface area contributed by atoms with Crippen molar-refractivity contribution in [3.05, 3.63) is 33.3 Å². The molecule has 1 aliphatic heterocycles. The number of carbonyl (C=O) groups is 1. The maximum Gasteiger partial charge on any atom is 0.338 e.